The second-order valence-corrected chi connectivity index (χ2v) is 8.19. The van der Waals surface area contributed by atoms with Gasteiger partial charge in [0.05, 0.1) is 16.1 Å². The number of rotatable bonds is 3. The summed E-state index contributed by atoms with van der Waals surface area (Å²) in [5.74, 6) is -1.17. The Morgan fingerprint density at radius 3 is 2.65 bits per heavy atom. The molecule has 1 atom stereocenters. The standard InChI is InChI=1S/C16H14BrNO4S/c1-10-6-11-4-2-3-5-15(11)18(10)23(21,22)14-8-12(16(19)20)7-13(17)9-14/h2-5,7-10H,6H2,1H3,(H,19,20). The Hall–Kier alpha value is -1.86. The molecule has 0 spiro atoms. The van der Waals surface area contributed by atoms with Crippen LogP contribution in [-0.2, 0) is 16.4 Å². The smallest absolute Gasteiger partial charge is 0.335 e. The van der Waals surface area contributed by atoms with Crippen molar-refractivity contribution in [1.82, 2.24) is 0 Å². The molecule has 1 aliphatic heterocycles. The van der Waals surface area contributed by atoms with E-state index in [9.17, 15) is 13.2 Å². The van der Waals surface area contributed by atoms with Gasteiger partial charge < -0.3 is 5.11 Å². The van der Waals surface area contributed by atoms with E-state index in [1.54, 1.807) is 12.1 Å². The van der Waals surface area contributed by atoms with E-state index >= 15 is 0 Å². The Kier molecular flexibility index (Phi) is 3.93. The van der Waals surface area contributed by atoms with Crippen LogP contribution in [0.5, 0.6) is 0 Å². The molecule has 0 fully saturated rings. The van der Waals surface area contributed by atoms with E-state index in [1.165, 1.54) is 22.5 Å². The van der Waals surface area contributed by atoms with E-state index in [1.807, 2.05) is 19.1 Å². The molecule has 23 heavy (non-hydrogen) atoms. The van der Waals surface area contributed by atoms with Gasteiger partial charge in [0.2, 0.25) is 0 Å². The molecule has 3 rings (SSSR count). The zero-order valence-electron chi connectivity index (χ0n) is 12.2. The van der Waals surface area contributed by atoms with Gasteiger partial charge in [-0.1, -0.05) is 34.1 Å². The lowest BCUT2D eigenvalue weighted by Crippen LogP contribution is -2.35. The Labute approximate surface area is 142 Å². The fourth-order valence-electron chi connectivity index (χ4n) is 2.85. The van der Waals surface area contributed by atoms with Crippen molar-refractivity contribution < 1.29 is 18.3 Å². The number of aromatic carboxylic acids is 1. The van der Waals surface area contributed by atoms with Crippen LogP contribution >= 0.6 is 15.9 Å². The molecule has 0 bridgehead atoms. The third kappa shape index (κ3) is 2.74. The summed E-state index contributed by atoms with van der Waals surface area (Å²) in [7, 11) is -3.84. The van der Waals surface area contributed by atoms with Crippen LogP contribution in [0.3, 0.4) is 0 Å². The van der Waals surface area contributed by atoms with E-state index in [0.29, 0.717) is 16.6 Å². The number of fused-ring (bicyclic) bond motifs is 1. The van der Waals surface area contributed by atoms with Crippen molar-refractivity contribution >= 4 is 37.6 Å². The van der Waals surface area contributed by atoms with Gasteiger partial charge in [0.15, 0.2) is 0 Å². The van der Waals surface area contributed by atoms with Crippen molar-refractivity contribution in [1.29, 1.82) is 0 Å². The van der Waals surface area contributed by atoms with E-state index < -0.39 is 16.0 Å². The highest BCUT2D eigenvalue weighted by Gasteiger charge is 2.36. The second-order valence-electron chi connectivity index (χ2n) is 5.46. The van der Waals surface area contributed by atoms with Crippen LogP contribution in [0.1, 0.15) is 22.8 Å². The van der Waals surface area contributed by atoms with Gasteiger partial charge >= 0.3 is 5.97 Å². The highest BCUT2D eigenvalue weighted by Crippen LogP contribution is 2.37. The molecule has 2 aromatic rings. The molecular weight excluding hydrogens is 382 g/mol. The van der Waals surface area contributed by atoms with Crippen LogP contribution in [0.4, 0.5) is 5.69 Å². The molecular formula is C16H14BrNO4S. The van der Waals surface area contributed by atoms with Crippen molar-refractivity contribution in [2.45, 2.75) is 24.3 Å². The first-order valence-corrected chi connectivity index (χ1v) is 9.20. The third-order valence-electron chi connectivity index (χ3n) is 3.82. The van der Waals surface area contributed by atoms with Crippen LogP contribution in [0.25, 0.3) is 0 Å². The number of hydrogen-bond acceptors (Lipinski definition) is 3. The summed E-state index contributed by atoms with van der Waals surface area (Å²) < 4.78 is 27.9. The molecule has 0 aromatic heterocycles. The number of sulfonamides is 1. The zero-order chi connectivity index (χ0) is 16.8. The number of nitrogens with zero attached hydrogens (tertiary/aromatic N) is 1. The summed E-state index contributed by atoms with van der Waals surface area (Å²) in [6.45, 7) is 1.84. The monoisotopic (exact) mass is 395 g/mol. The largest absolute Gasteiger partial charge is 0.478 e. The molecule has 0 saturated heterocycles. The molecule has 1 aliphatic rings. The fraction of sp³-hybridized carbons (Fsp3) is 0.188. The summed E-state index contributed by atoms with van der Waals surface area (Å²) in [6.07, 6.45) is 0.634. The van der Waals surface area contributed by atoms with Crippen molar-refractivity contribution in [3.05, 3.63) is 58.1 Å². The van der Waals surface area contributed by atoms with Crippen molar-refractivity contribution in [2.75, 3.05) is 4.31 Å². The van der Waals surface area contributed by atoms with E-state index in [-0.39, 0.29) is 16.5 Å². The Morgan fingerprint density at radius 1 is 1.26 bits per heavy atom. The molecule has 7 heteroatoms. The summed E-state index contributed by atoms with van der Waals surface area (Å²) in [4.78, 5) is 11.2. The SMILES string of the molecule is CC1Cc2ccccc2N1S(=O)(=O)c1cc(Br)cc(C(=O)O)c1. The topological polar surface area (TPSA) is 74.7 Å². The third-order valence-corrected chi connectivity index (χ3v) is 6.18. The molecule has 0 saturated carbocycles. The van der Waals surface area contributed by atoms with Gasteiger partial charge in [-0.05, 0) is 43.2 Å². The van der Waals surface area contributed by atoms with Gasteiger partial charge in [0.1, 0.15) is 0 Å². The Bertz CT molecular complexity index is 895. The lowest BCUT2D eigenvalue weighted by atomic mass is 10.1. The van der Waals surface area contributed by atoms with Crippen LogP contribution in [0.2, 0.25) is 0 Å². The first kappa shape index (κ1) is 16.0. The summed E-state index contributed by atoms with van der Waals surface area (Å²) >= 11 is 3.18. The van der Waals surface area contributed by atoms with Crippen LogP contribution < -0.4 is 4.31 Å². The first-order chi connectivity index (χ1) is 10.8. The molecule has 5 nitrogen and oxygen atoms in total. The van der Waals surface area contributed by atoms with Crippen molar-refractivity contribution in [3.63, 3.8) is 0 Å². The van der Waals surface area contributed by atoms with Crippen LogP contribution in [0, 0.1) is 0 Å². The predicted octanol–water partition coefficient (Wildman–Crippen LogP) is 3.29. The van der Waals surface area contributed by atoms with Crippen LogP contribution in [-0.4, -0.2) is 25.5 Å². The predicted molar refractivity (Wildman–Crippen MR) is 90.4 cm³/mol. The maximum atomic E-state index is 13.0. The van der Waals surface area contributed by atoms with Gasteiger partial charge in [0.25, 0.3) is 10.0 Å². The summed E-state index contributed by atoms with van der Waals surface area (Å²) in [6, 6.07) is 11.1. The van der Waals surface area contributed by atoms with Crippen molar-refractivity contribution in [2.24, 2.45) is 0 Å². The average molecular weight is 396 g/mol. The van der Waals surface area contributed by atoms with Crippen LogP contribution in [0.15, 0.2) is 51.8 Å². The van der Waals surface area contributed by atoms with Gasteiger partial charge in [-0.25, -0.2) is 13.2 Å². The molecule has 1 heterocycles. The van der Waals surface area contributed by atoms with Gasteiger partial charge in [-0.3, -0.25) is 4.31 Å². The van der Waals surface area contributed by atoms with E-state index in [4.69, 9.17) is 5.11 Å². The number of halogens is 1. The lowest BCUT2D eigenvalue weighted by molar-refractivity contribution is 0.0696. The number of hydrogen-bond donors (Lipinski definition) is 1. The average Bonchev–Trinajstić information content (AvgIpc) is 2.82. The van der Waals surface area contributed by atoms with Crippen molar-refractivity contribution in [3.8, 4) is 0 Å². The Balaban J connectivity index is 2.15. The Morgan fingerprint density at radius 2 is 1.96 bits per heavy atom. The van der Waals surface area contributed by atoms with E-state index in [2.05, 4.69) is 15.9 Å². The van der Waals surface area contributed by atoms with E-state index in [0.717, 1.165) is 5.56 Å². The number of carboxylic acid groups (broad SMARTS) is 1. The maximum absolute atomic E-state index is 13.0. The molecule has 2 aromatic carbocycles. The van der Waals surface area contributed by atoms with Gasteiger partial charge in [-0.2, -0.15) is 0 Å². The second kappa shape index (κ2) is 5.65. The first-order valence-electron chi connectivity index (χ1n) is 6.97. The fourth-order valence-corrected chi connectivity index (χ4v) is 5.26. The minimum Gasteiger partial charge on any atom is -0.478 e. The number of benzene rings is 2. The highest BCUT2D eigenvalue weighted by molar-refractivity contribution is 9.10. The minimum absolute atomic E-state index is 0.0344. The molecule has 0 amide bonds. The number of carbonyl (C=O) groups is 1. The normalized spacial score (nSPS) is 17.1. The summed E-state index contributed by atoms with van der Waals surface area (Å²) in [5, 5.41) is 9.15. The lowest BCUT2D eigenvalue weighted by Gasteiger charge is -2.24. The molecule has 1 unspecified atom stereocenters. The quantitative estimate of drug-likeness (QED) is 0.864. The number of anilines is 1. The van der Waals surface area contributed by atoms with Gasteiger partial charge in [0, 0.05) is 10.5 Å². The molecule has 0 aliphatic carbocycles. The molecule has 1 N–H and O–H groups in total. The minimum atomic E-state index is -3.84. The zero-order valence-corrected chi connectivity index (χ0v) is 14.6. The van der Waals surface area contributed by atoms with Gasteiger partial charge in [-0.15, -0.1) is 0 Å². The molecule has 120 valence electrons. The number of para-hydroxylation sites is 1. The highest BCUT2D eigenvalue weighted by atomic mass is 79.9. The maximum Gasteiger partial charge on any atom is 0.335 e. The molecule has 0 radical (unpaired) electrons. The number of carboxylic acids is 1. The summed E-state index contributed by atoms with van der Waals surface area (Å²) in [5.41, 5.74) is 1.55.